The van der Waals surface area contributed by atoms with Crippen LogP contribution < -0.4 is 14.8 Å². The Morgan fingerprint density at radius 2 is 1.89 bits per heavy atom. The predicted molar refractivity (Wildman–Crippen MR) is 75.7 cm³/mol. The van der Waals surface area contributed by atoms with E-state index in [9.17, 15) is 0 Å². The summed E-state index contributed by atoms with van der Waals surface area (Å²) in [5.41, 5.74) is 2.51. The number of hydrogen-bond acceptors (Lipinski definition) is 3. The molecule has 0 unspecified atom stereocenters. The summed E-state index contributed by atoms with van der Waals surface area (Å²) in [5.74, 6) is 1.55. The molecule has 0 bridgehead atoms. The number of ether oxygens (including phenoxy) is 2. The van der Waals surface area contributed by atoms with E-state index in [0.717, 1.165) is 31.0 Å². The highest BCUT2D eigenvalue weighted by molar-refractivity contribution is 5.42. The molecule has 2 aromatic rings. The average molecular weight is 260 g/mol. The number of hydrogen-bond donors (Lipinski definition) is 2. The van der Waals surface area contributed by atoms with Crippen molar-refractivity contribution >= 4 is 0 Å². The Kier molecular flexibility index (Phi) is 4.86. The Bertz CT molecular complexity index is 495. The van der Waals surface area contributed by atoms with Gasteiger partial charge in [-0.1, -0.05) is 6.07 Å². The zero-order chi connectivity index (χ0) is 13.5. The molecule has 19 heavy (non-hydrogen) atoms. The molecule has 102 valence electrons. The number of rotatable bonds is 7. The van der Waals surface area contributed by atoms with Gasteiger partial charge in [0.25, 0.3) is 0 Å². The van der Waals surface area contributed by atoms with Crippen LogP contribution in [-0.4, -0.2) is 25.7 Å². The third-order valence-corrected chi connectivity index (χ3v) is 3.03. The average Bonchev–Trinajstić information content (AvgIpc) is 2.96. The Morgan fingerprint density at radius 3 is 2.58 bits per heavy atom. The Balaban J connectivity index is 1.82. The lowest BCUT2D eigenvalue weighted by Gasteiger charge is -2.09. The topological polar surface area (TPSA) is 46.3 Å². The van der Waals surface area contributed by atoms with Crippen molar-refractivity contribution in [3.63, 3.8) is 0 Å². The molecule has 2 N–H and O–H groups in total. The summed E-state index contributed by atoms with van der Waals surface area (Å²) in [6.45, 7) is 1.82. The van der Waals surface area contributed by atoms with Gasteiger partial charge in [0.05, 0.1) is 14.2 Å². The second kappa shape index (κ2) is 6.85. The van der Waals surface area contributed by atoms with Gasteiger partial charge >= 0.3 is 0 Å². The standard InChI is InChI=1S/C15H20N2O2/c1-18-14-4-3-12(9-15(14)19-2)5-7-16-10-13-6-8-17-11-13/h3-4,6,8-9,11,16-17H,5,7,10H2,1-2H3. The minimum absolute atomic E-state index is 0.770. The molecule has 4 nitrogen and oxygen atoms in total. The van der Waals surface area contributed by atoms with Gasteiger partial charge in [-0.25, -0.2) is 0 Å². The number of nitrogens with one attached hydrogen (secondary N) is 2. The van der Waals surface area contributed by atoms with Crippen molar-refractivity contribution in [2.24, 2.45) is 0 Å². The first-order valence-electron chi connectivity index (χ1n) is 6.37. The Hall–Kier alpha value is -1.94. The van der Waals surface area contributed by atoms with Gasteiger partial charge < -0.3 is 19.8 Å². The van der Waals surface area contributed by atoms with Crippen LogP contribution in [0.1, 0.15) is 11.1 Å². The lowest BCUT2D eigenvalue weighted by Crippen LogP contribution is -2.16. The minimum Gasteiger partial charge on any atom is -0.493 e. The summed E-state index contributed by atoms with van der Waals surface area (Å²) in [4.78, 5) is 3.05. The summed E-state index contributed by atoms with van der Waals surface area (Å²) in [5, 5.41) is 3.41. The molecule has 1 aromatic heterocycles. The van der Waals surface area contributed by atoms with Crippen LogP contribution in [0.2, 0.25) is 0 Å². The van der Waals surface area contributed by atoms with Crippen molar-refractivity contribution in [3.8, 4) is 11.5 Å². The number of methoxy groups -OCH3 is 2. The molecule has 0 atom stereocenters. The van der Waals surface area contributed by atoms with E-state index < -0.39 is 0 Å². The number of H-pyrrole nitrogens is 1. The van der Waals surface area contributed by atoms with Crippen LogP contribution in [0, 0.1) is 0 Å². The smallest absolute Gasteiger partial charge is 0.160 e. The fourth-order valence-electron chi connectivity index (χ4n) is 1.97. The first kappa shape index (κ1) is 13.5. The van der Waals surface area contributed by atoms with Crippen LogP contribution in [-0.2, 0) is 13.0 Å². The summed E-state index contributed by atoms with van der Waals surface area (Å²) >= 11 is 0. The third-order valence-electron chi connectivity index (χ3n) is 3.03. The first-order valence-corrected chi connectivity index (χ1v) is 6.37. The molecule has 0 aliphatic rings. The van der Waals surface area contributed by atoms with Crippen LogP contribution in [0.25, 0.3) is 0 Å². The highest BCUT2D eigenvalue weighted by Gasteiger charge is 2.04. The van der Waals surface area contributed by atoms with Gasteiger partial charge in [0.1, 0.15) is 0 Å². The van der Waals surface area contributed by atoms with E-state index in [-0.39, 0.29) is 0 Å². The quantitative estimate of drug-likeness (QED) is 0.751. The highest BCUT2D eigenvalue weighted by Crippen LogP contribution is 2.27. The monoisotopic (exact) mass is 260 g/mol. The lowest BCUT2D eigenvalue weighted by atomic mass is 10.1. The molecule has 0 spiro atoms. The van der Waals surface area contributed by atoms with Gasteiger partial charge in [0, 0.05) is 18.9 Å². The molecule has 1 heterocycles. The second-order valence-electron chi connectivity index (χ2n) is 4.34. The molecule has 2 rings (SSSR count). The molecule has 0 saturated carbocycles. The van der Waals surface area contributed by atoms with Crippen LogP contribution in [0.15, 0.2) is 36.7 Å². The summed E-state index contributed by atoms with van der Waals surface area (Å²) in [7, 11) is 3.31. The number of aromatic nitrogens is 1. The molecule has 0 amide bonds. The van der Waals surface area contributed by atoms with Crippen molar-refractivity contribution in [2.75, 3.05) is 20.8 Å². The molecule has 4 heteroatoms. The number of benzene rings is 1. The Morgan fingerprint density at radius 1 is 1.05 bits per heavy atom. The Labute approximate surface area is 113 Å². The molecule has 0 aliphatic heterocycles. The summed E-state index contributed by atoms with van der Waals surface area (Å²) in [6, 6.07) is 8.11. The van der Waals surface area contributed by atoms with Gasteiger partial charge in [-0.2, -0.15) is 0 Å². The molecular weight excluding hydrogens is 240 g/mol. The summed E-state index contributed by atoms with van der Waals surface area (Å²) < 4.78 is 10.5. The second-order valence-corrected chi connectivity index (χ2v) is 4.34. The van der Waals surface area contributed by atoms with E-state index in [1.54, 1.807) is 14.2 Å². The fourth-order valence-corrected chi connectivity index (χ4v) is 1.97. The van der Waals surface area contributed by atoms with Crippen molar-refractivity contribution < 1.29 is 9.47 Å². The van der Waals surface area contributed by atoms with Crippen LogP contribution in [0.5, 0.6) is 11.5 Å². The lowest BCUT2D eigenvalue weighted by molar-refractivity contribution is 0.354. The van der Waals surface area contributed by atoms with Crippen molar-refractivity contribution in [3.05, 3.63) is 47.8 Å². The van der Waals surface area contributed by atoms with E-state index in [1.807, 2.05) is 24.5 Å². The van der Waals surface area contributed by atoms with Crippen molar-refractivity contribution in [1.29, 1.82) is 0 Å². The van der Waals surface area contributed by atoms with E-state index in [0.29, 0.717) is 0 Å². The number of aromatic amines is 1. The zero-order valence-corrected chi connectivity index (χ0v) is 11.4. The largest absolute Gasteiger partial charge is 0.493 e. The molecule has 0 aliphatic carbocycles. The summed E-state index contributed by atoms with van der Waals surface area (Å²) in [6.07, 6.45) is 4.90. The SMILES string of the molecule is COc1ccc(CCNCc2cc[nH]c2)cc1OC. The van der Waals surface area contributed by atoms with Gasteiger partial charge in [0.2, 0.25) is 0 Å². The predicted octanol–water partition coefficient (Wildman–Crippen LogP) is 2.36. The maximum absolute atomic E-state index is 5.29. The van der Waals surface area contributed by atoms with Crippen molar-refractivity contribution in [2.45, 2.75) is 13.0 Å². The fraction of sp³-hybridized carbons (Fsp3) is 0.333. The maximum Gasteiger partial charge on any atom is 0.160 e. The van der Waals surface area contributed by atoms with Gasteiger partial charge in [-0.3, -0.25) is 0 Å². The molecular formula is C15H20N2O2. The normalized spacial score (nSPS) is 10.4. The van der Waals surface area contributed by atoms with Crippen LogP contribution in [0.3, 0.4) is 0 Å². The molecule has 0 radical (unpaired) electrons. The maximum atomic E-state index is 5.29. The van der Waals surface area contributed by atoms with E-state index >= 15 is 0 Å². The van der Waals surface area contributed by atoms with Gasteiger partial charge in [0.15, 0.2) is 11.5 Å². The van der Waals surface area contributed by atoms with Crippen LogP contribution >= 0.6 is 0 Å². The molecule has 0 fully saturated rings. The van der Waals surface area contributed by atoms with E-state index in [1.165, 1.54) is 11.1 Å². The third kappa shape index (κ3) is 3.76. The van der Waals surface area contributed by atoms with Crippen LogP contribution in [0.4, 0.5) is 0 Å². The zero-order valence-electron chi connectivity index (χ0n) is 11.4. The molecule has 0 saturated heterocycles. The van der Waals surface area contributed by atoms with E-state index in [2.05, 4.69) is 22.4 Å². The van der Waals surface area contributed by atoms with Gasteiger partial charge in [-0.05, 0) is 42.3 Å². The van der Waals surface area contributed by atoms with Crippen molar-refractivity contribution in [1.82, 2.24) is 10.3 Å². The van der Waals surface area contributed by atoms with E-state index in [4.69, 9.17) is 9.47 Å². The minimum atomic E-state index is 0.770. The first-order chi connectivity index (χ1) is 9.33. The highest BCUT2D eigenvalue weighted by atomic mass is 16.5. The van der Waals surface area contributed by atoms with Gasteiger partial charge in [-0.15, -0.1) is 0 Å². The molecule has 1 aromatic carbocycles.